The molecule has 4 aliphatic heterocycles. The van der Waals surface area contributed by atoms with E-state index in [4.69, 9.17) is 23.9 Å². The molecule has 6 heterocycles. The van der Waals surface area contributed by atoms with Crippen molar-refractivity contribution >= 4 is 23.9 Å². The van der Waals surface area contributed by atoms with Crippen LogP contribution in [-0.4, -0.2) is 130 Å². The number of oxazole rings is 1. The fourth-order valence-corrected chi connectivity index (χ4v) is 10.2. The number of urea groups is 2. The topological polar surface area (TPSA) is 178 Å². The molecule has 1 aliphatic carbocycles. The molecule has 4 aromatic rings. The Morgan fingerprint density at radius 2 is 1.30 bits per heavy atom. The van der Waals surface area contributed by atoms with Gasteiger partial charge < -0.3 is 49.1 Å². The third kappa shape index (κ3) is 9.53. The van der Waals surface area contributed by atoms with Gasteiger partial charge in [-0.3, -0.25) is 9.59 Å². The predicted molar refractivity (Wildman–Crippen MR) is 237 cm³/mol. The SMILES string of the molecule is CC[C@@H](NC(=O)N1CCOCC1)C(=O)N1CCC[C@H]1c1ncc(C2CCC(c3ccc(-c4cnc([C@@H]5CCCN5C(=O)[C@H](NC(=O)N5CCOCC5)c5ccccc5)[nH]4)cc3)CC2)o1. The second-order valence-corrected chi connectivity index (χ2v) is 17.7. The molecule has 64 heavy (non-hydrogen) atoms. The van der Waals surface area contributed by atoms with Gasteiger partial charge in [-0.25, -0.2) is 19.6 Å². The molecule has 4 atom stereocenters. The molecule has 1 saturated carbocycles. The highest BCUT2D eigenvalue weighted by Gasteiger charge is 2.39. The Hall–Kier alpha value is -5.74. The summed E-state index contributed by atoms with van der Waals surface area (Å²) < 4.78 is 17.3. The number of nitrogens with one attached hydrogen (secondary N) is 3. The molecule has 6 amide bonds. The molecule has 2 aromatic heterocycles. The average Bonchev–Trinajstić information content (AvgIpc) is 4.21. The van der Waals surface area contributed by atoms with E-state index < -0.39 is 12.1 Å². The highest BCUT2D eigenvalue weighted by Crippen LogP contribution is 2.42. The number of imidazole rings is 1. The summed E-state index contributed by atoms with van der Waals surface area (Å²) >= 11 is 0. The number of hydrogen-bond donors (Lipinski definition) is 3. The predicted octanol–water partition coefficient (Wildman–Crippen LogP) is 6.44. The van der Waals surface area contributed by atoms with Crippen LogP contribution in [0.25, 0.3) is 11.3 Å². The summed E-state index contributed by atoms with van der Waals surface area (Å²) in [7, 11) is 0. The number of likely N-dealkylation sites (tertiary alicyclic amines) is 2. The molecule has 2 aromatic carbocycles. The van der Waals surface area contributed by atoms with E-state index in [1.807, 2.05) is 59.4 Å². The first-order valence-corrected chi connectivity index (χ1v) is 23.4. The molecule has 9 rings (SSSR count). The van der Waals surface area contributed by atoms with Gasteiger partial charge in [0.1, 0.15) is 29.7 Å². The molecule has 0 radical (unpaired) electrons. The molecule has 5 aliphatic rings. The molecule has 0 unspecified atom stereocenters. The highest BCUT2D eigenvalue weighted by molar-refractivity contribution is 5.89. The number of rotatable bonds is 11. The van der Waals surface area contributed by atoms with Crippen LogP contribution < -0.4 is 10.6 Å². The normalized spacial score (nSPS) is 23.8. The lowest BCUT2D eigenvalue weighted by Gasteiger charge is -2.32. The van der Waals surface area contributed by atoms with E-state index in [1.165, 1.54) is 5.56 Å². The van der Waals surface area contributed by atoms with Crippen molar-refractivity contribution in [1.82, 2.24) is 45.2 Å². The lowest BCUT2D eigenvalue weighted by molar-refractivity contribution is -0.135. The van der Waals surface area contributed by atoms with Crippen molar-refractivity contribution in [1.29, 1.82) is 0 Å². The molecule has 340 valence electrons. The summed E-state index contributed by atoms with van der Waals surface area (Å²) in [5.74, 6) is 2.71. The Morgan fingerprint density at radius 1 is 0.688 bits per heavy atom. The number of amides is 6. The first-order valence-electron chi connectivity index (χ1n) is 23.4. The second kappa shape index (κ2) is 20.0. The first kappa shape index (κ1) is 43.5. The standard InChI is InChI=1S/C48H61N9O7/c1-2-37(52-47(60)54-22-26-62-27-23-54)45(58)57-21-7-11-40(57)44-50-31-41(64-44)35-18-14-33(15-19-35)32-12-16-34(17-13-32)38-30-49-43(51-38)39-10-6-20-56(39)46(59)42(36-8-4-3-5-9-36)53-48(61)55-24-28-63-29-25-55/h3-5,8-9,12-13,16-17,30-31,33,35,37,39-40,42H,2,6-7,10-11,14-15,18-29H2,1H3,(H,49,51)(H,52,60)(H,53,61)/t33?,35?,37-,39+,40+,42-/m1/s1. The van der Waals surface area contributed by atoms with Gasteiger partial charge in [-0.05, 0) is 80.4 Å². The van der Waals surface area contributed by atoms with E-state index in [9.17, 15) is 19.2 Å². The van der Waals surface area contributed by atoms with Gasteiger partial charge in [0.15, 0.2) is 0 Å². The van der Waals surface area contributed by atoms with E-state index >= 15 is 0 Å². The number of aromatic amines is 1. The maximum atomic E-state index is 14.3. The van der Waals surface area contributed by atoms with Crippen molar-refractivity contribution in [3.63, 3.8) is 0 Å². The van der Waals surface area contributed by atoms with Crippen LogP contribution in [0.2, 0.25) is 0 Å². The van der Waals surface area contributed by atoms with Gasteiger partial charge in [-0.1, -0.05) is 61.5 Å². The van der Waals surface area contributed by atoms with Crippen LogP contribution in [0.1, 0.15) is 123 Å². The van der Waals surface area contributed by atoms with Crippen LogP contribution in [0.3, 0.4) is 0 Å². The van der Waals surface area contributed by atoms with Crippen LogP contribution in [0.5, 0.6) is 0 Å². The zero-order valence-corrected chi connectivity index (χ0v) is 36.8. The van der Waals surface area contributed by atoms with Crippen molar-refractivity contribution < 1.29 is 33.1 Å². The van der Waals surface area contributed by atoms with Crippen LogP contribution >= 0.6 is 0 Å². The maximum absolute atomic E-state index is 14.3. The fourth-order valence-electron chi connectivity index (χ4n) is 10.2. The zero-order chi connectivity index (χ0) is 44.0. The quantitative estimate of drug-likeness (QED) is 0.153. The van der Waals surface area contributed by atoms with E-state index in [-0.39, 0.29) is 41.9 Å². The van der Waals surface area contributed by atoms with Gasteiger partial charge in [0.2, 0.25) is 17.7 Å². The molecule has 0 spiro atoms. The zero-order valence-electron chi connectivity index (χ0n) is 36.8. The molecule has 0 bridgehead atoms. The van der Waals surface area contributed by atoms with Gasteiger partial charge in [0, 0.05) is 45.2 Å². The number of ether oxygens (including phenoxy) is 2. The monoisotopic (exact) mass is 875 g/mol. The lowest BCUT2D eigenvalue weighted by Crippen LogP contribution is -2.53. The Labute approximate surface area is 374 Å². The molecule has 16 heteroatoms. The lowest BCUT2D eigenvalue weighted by atomic mass is 9.78. The van der Waals surface area contributed by atoms with E-state index in [0.717, 1.165) is 79.8 Å². The van der Waals surface area contributed by atoms with Crippen LogP contribution in [0.4, 0.5) is 9.59 Å². The summed E-state index contributed by atoms with van der Waals surface area (Å²) in [6.45, 7) is 7.13. The third-order valence-electron chi connectivity index (χ3n) is 13.9. The molecule has 3 N–H and O–H groups in total. The summed E-state index contributed by atoms with van der Waals surface area (Å²) in [6.07, 6.45) is 11.5. The average molecular weight is 876 g/mol. The maximum Gasteiger partial charge on any atom is 0.318 e. The Kier molecular flexibility index (Phi) is 13.6. The van der Waals surface area contributed by atoms with Crippen molar-refractivity contribution in [2.24, 2.45) is 0 Å². The van der Waals surface area contributed by atoms with Crippen molar-refractivity contribution in [2.45, 2.75) is 101 Å². The summed E-state index contributed by atoms with van der Waals surface area (Å²) in [6, 6.07) is 15.8. The van der Waals surface area contributed by atoms with E-state index in [1.54, 1.807) is 9.80 Å². The number of H-pyrrole nitrogens is 1. The first-order chi connectivity index (χ1) is 31.3. The molecule has 16 nitrogen and oxygen atoms in total. The van der Waals surface area contributed by atoms with Gasteiger partial charge in [-0.2, -0.15) is 0 Å². The van der Waals surface area contributed by atoms with Crippen LogP contribution in [0.15, 0.2) is 71.4 Å². The number of nitrogens with zero attached hydrogens (tertiary/aromatic N) is 6. The number of aromatic nitrogens is 3. The highest BCUT2D eigenvalue weighted by atomic mass is 16.5. The number of morpholine rings is 2. The Balaban J connectivity index is 0.791. The smallest absolute Gasteiger partial charge is 0.318 e. The van der Waals surface area contributed by atoms with Crippen LogP contribution in [0, 0.1) is 0 Å². The number of hydrogen-bond acceptors (Lipinski definition) is 9. The number of carbonyl (C=O) groups excluding carboxylic acids is 4. The third-order valence-corrected chi connectivity index (χ3v) is 13.9. The summed E-state index contributed by atoms with van der Waals surface area (Å²) in [4.78, 5) is 74.4. The Bertz CT molecular complexity index is 2210. The Morgan fingerprint density at radius 3 is 1.95 bits per heavy atom. The summed E-state index contributed by atoms with van der Waals surface area (Å²) in [5.41, 5.74) is 3.99. The largest absolute Gasteiger partial charge is 0.443 e. The van der Waals surface area contributed by atoms with Gasteiger partial charge in [0.25, 0.3) is 0 Å². The summed E-state index contributed by atoms with van der Waals surface area (Å²) in [5, 5.41) is 6.00. The van der Waals surface area contributed by atoms with Crippen molar-refractivity contribution in [3.05, 3.63) is 95.6 Å². The van der Waals surface area contributed by atoms with E-state index in [2.05, 4.69) is 39.9 Å². The van der Waals surface area contributed by atoms with Gasteiger partial charge in [-0.15, -0.1) is 0 Å². The van der Waals surface area contributed by atoms with Gasteiger partial charge in [0.05, 0.1) is 50.6 Å². The molecular formula is C48H61N9O7. The number of benzene rings is 2. The fraction of sp³-hybridized carbons (Fsp3) is 0.542. The minimum Gasteiger partial charge on any atom is -0.443 e. The van der Waals surface area contributed by atoms with Gasteiger partial charge >= 0.3 is 12.1 Å². The minimum atomic E-state index is -0.815. The van der Waals surface area contributed by atoms with Crippen LogP contribution in [-0.2, 0) is 19.1 Å². The molecule has 5 fully saturated rings. The van der Waals surface area contributed by atoms with Crippen molar-refractivity contribution in [2.75, 3.05) is 65.7 Å². The molecule has 4 saturated heterocycles. The minimum absolute atomic E-state index is 0.0846. The molecular weight excluding hydrogens is 815 g/mol. The number of carbonyl (C=O) groups is 4. The van der Waals surface area contributed by atoms with E-state index in [0.29, 0.717) is 83.9 Å². The van der Waals surface area contributed by atoms with Crippen molar-refractivity contribution in [3.8, 4) is 11.3 Å². The second-order valence-electron chi connectivity index (χ2n) is 17.7.